The summed E-state index contributed by atoms with van der Waals surface area (Å²) in [6.45, 7) is 14.3. The summed E-state index contributed by atoms with van der Waals surface area (Å²) in [7, 11) is 0. The Balaban J connectivity index is 2.45. The van der Waals surface area contributed by atoms with E-state index in [0.29, 0.717) is 32.7 Å². The lowest BCUT2D eigenvalue weighted by atomic mass is 10.00. The molecule has 1 heterocycles. The molecule has 0 radical (unpaired) electrons. The van der Waals surface area contributed by atoms with Gasteiger partial charge in [0.1, 0.15) is 5.60 Å². The minimum Gasteiger partial charge on any atom is -0.466 e. The average Bonchev–Trinajstić information content (AvgIpc) is 2.43. The minimum atomic E-state index is -0.489. The van der Waals surface area contributed by atoms with Gasteiger partial charge in [0.25, 0.3) is 0 Å². The van der Waals surface area contributed by atoms with Gasteiger partial charge in [-0.1, -0.05) is 0 Å². The maximum Gasteiger partial charge on any atom is 0.410 e. The summed E-state index contributed by atoms with van der Waals surface area (Å²) >= 11 is 0. The highest BCUT2D eigenvalue weighted by molar-refractivity contribution is 5.70. The summed E-state index contributed by atoms with van der Waals surface area (Å²) in [4.78, 5) is 25.5. The molecule has 0 saturated carbocycles. The molecule has 0 aromatic heterocycles. The van der Waals surface area contributed by atoms with Crippen molar-refractivity contribution in [2.24, 2.45) is 0 Å². The van der Waals surface area contributed by atoms with Crippen LogP contribution >= 0.6 is 0 Å². The van der Waals surface area contributed by atoms with Crippen LogP contribution < -0.4 is 10.6 Å². The van der Waals surface area contributed by atoms with Gasteiger partial charge in [0, 0.05) is 37.8 Å². The Kier molecular flexibility index (Phi) is 7.48. The highest BCUT2D eigenvalue weighted by atomic mass is 16.6. The molecule has 24 heavy (non-hydrogen) atoms. The fraction of sp³-hybridized carbons (Fsp3) is 0.882. The molecule has 1 saturated heterocycles. The van der Waals surface area contributed by atoms with E-state index in [9.17, 15) is 9.59 Å². The second-order valence-corrected chi connectivity index (χ2v) is 7.82. The summed E-state index contributed by atoms with van der Waals surface area (Å²) in [6, 6.07) is 0.118. The number of nitrogens with zero attached hydrogens (tertiary/aromatic N) is 1. The largest absolute Gasteiger partial charge is 0.466 e. The Morgan fingerprint density at radius 1 is 1.25 bits per heavy atom. The maximum atomic E-state index is 12.2. The standard InChI is InChI=1S/C17H33N3O4/c1-7-23-14(21)10-17(5,6)19-11-13-12-20(9-8-18-13)15(22)24-16(2,3)4/h13,18-19H,7-12H2,1-6H3. The topological polar surface area (TPSA) is 79.9 Å². The van der Waals surface area contributed by atoms with Crippen LogP contribution in [-0.4, -0.2) is 66.9 Å². The van der Waals surface area contributed by atoms with E-state index in [-0.39, 0.29) is 23.6 Å². The van der Waals surface area contributed by atoms with Gasteiger partial charge in [-0.25, -0.2) is 4.79 Å². The van der Waals surface area contributed by atoms with Gasteiger partial charge < -0.3 is 25.0 Å². The predicted molar refractivity (Wildman–Crippen MR) is 92.9 cm³/mol. The molecule has 1 unspecified atom stereocenters. The van der Waals surface area contributed by atoms with Crippen LogP contribution in [0, 0.1) is 0 Å². The van der Waals surface area contributed by atoms with Crippen LogP contribution in [0.25, 0.3) is 0 Å². The first-order valence-electron chi connectivity index (χ1n) is 8.64. The molecule has 140 valence electrons. The normalized spacial score (nSPS) is 19.1. The molecule has 0 bridgehead atoms. The molecule has 0 aromatic carbocycles. The van der Waals surface area contributed by atoms with Gasteiger partial charge >= 0.3 is 12.1 Å². The Labute approximate surface area is 145 Å². The van der Waals surface area contributed by atoms with Gasteiger partial charge in [-0.2, -0.15) is 0 Å². The van der Waals surface area contributed by atoms with Gasteiger partial charge in [-0.15, -0.1) is 0 Å². The van der Waals surface area contributed by atoms with Crippen molar-refractivity contribution >= 4 is 12.1 Å². The summed E-state index contributed by atoms with van der Waals surface area (Å²) in [6.07, 6.45) is 0.0309. The zero-order valence-corrected chi connectivity index (χ0v) is 15.9. The van der Waals surface area contributed by atoms with Gasteiger partial charge in [0.15, 0.2) is 0 Å². The Morgan fingerprint density at radius 2 is 1.92 bits per heavy atom. The van der Waals surface area contributed by atoms with Gasteiger partial charge in [-0.3, -0.25) is 4.79 Å². The van der Waals surface area contributed by atoms with Crippen molar-refractivity contribution in [2.75, 3.05) is 32.8 Å². The lowest BCUT2D eigenvalue weighted by Gasteiger charge is -2.36. The molecule has 1 rings (SSSR count). The molecular formula is C17H33N3O4. The number of carbonyl (C=O) groups excluding carboxylic acids is 2. The molecule has 0 aromatic rings. The van der Waals surface area contributed by atoms with E-state index >= 15 is 0 Å². The van der Waals surface area contributed by atoms with Crippen LogP contribution in [0.15, 0.2) is 0 Å². The van der Waals surface area contributed by atoms with E-state index in [1.54, 1.807) is 11.8 Å². The summed E-state index contributed by atoms with van der Waals surface area (Å²) in [5, 5.41) is 6.77. The maximum absolute atomic E-state index is 12.2. The minimum absolute atomic E-state index is 0.118. The van der Waals surface area contributed by atoms with Crippen LogP contribution in [0.2, 0.25) is 0 Å². The molecular weight excluding hydrogens is 310 g/mol. The third-order valence-electron chi connectivity index (χ3n) is 3.63. The monoisotopic (exact) mass is 343 g/mol. The predicted octanol–water partition coefficient (Wildman–Crippen LogP) is 1.52. The zero-order chi connectivity index (χ0) is 18.4. The van der Waals surface area contributed by atoms with E-state index in [1.165, 1.54) is 0 Å². The molecule has 1 atom stereocenters. The van der Waals surface area contributed by atoms with Crippen LogP contribution in [-0.2, 0) is 14.3 Å². The quantitative estimate of drug-likeness (QED) is 0.712. The summed E-state index contributed by atoms with van der Waals surface area (Å²) in [5.74, 6) is -0.206. The van der Waals surface area contributed by atoms with Crippen molar-refractivity contribution < 1.29 is 19.1 Å². The first kappa shape index (κ1) is 20.7. The van der Waals surface area contributed by atoms with Crippen molar-refractivity contribution in [3.63, 3.8) is 0 Å². The van der Waals surface area contributed by atoms with Gasteiger partial charge in [0.2, 0.25) is 0 Å². The molecule has 0 spiro atoms. The van der Waals surface area contributed by atoms with E-state index in [4.69, 9.17) is 9.47 Å². The number of hydrogen-bond acceptors (Lipinski definition) is 6. The lowest BCUT2D eigenvalue weighted by Crippen LogP contribution is -2.58. The zero-order valence-electron chi connectivity index (χ0n) is 15.9. The SMILES string of the molecule is CCOC(=O)CC(C)(C)NCC1CN(C(=O)OC(C)(C)C)CCN1. The summed E-state index contributed by atoms with van der Waals surface area (Å²) in [5.41, 5.74) is -0.848. The van der Waals surface area contributed by atoms with Crippen LogP contribution in [0.1, 0.15) is 48.0 Å². The van der Waals surface area contributed by atoms with E-state index < -0.39 is 5.60 Å². The smallest absolute Gasteiger partial charge is 0.410 e. The number of rotatable bonds is 6. The fourth-order valence-corrected chi connectivity index (χ4v) is 2.49. The van der Waals surface area contributed by atoms with Crippen LogP contribution in [0.4, 0.5) is 4.79 Å². The first-order chi connectivity index (χ1) is 11.0. The van der Waals surface area contributed by atoms with E-state index in [1.807, 2.05) is 34.6 Å². The van der Waals surface area contributed by atoms with Crippen LogP contribution in [0.3, 0.4) is 0 Å². The second kappa shape index (κ2) is 8.67. The third kappa shape index (κ3) is 7.97. The number of nitrogens with one attached hydrogen (secondary N) is 2. The number of amides is 1. The summed E-state index contributed by atoms with van der Waals surface area (Å²) < 4.78 is 10.4. The molecule has 1 amide bonds. The Morgan fingerprint density at radius 3 is 2.50 bits per heavy atom. The number of esters is 1. The van der Waals surface area contributed by atoms with Crippen LogP contribution in [0.5, 0.6) is 0 Å². The average molecular weight is 343 g/mol. The highest BCUT2D eigenvalue weighted by Crippen LogP contribution is 2.13. The molecule has 1 aliphatic rings. The van der Waals surface area contributed by atoms with Crippen molar-refractivity contribution in [3.8, 4) is 0 Å². The van der Waals surface area contributed by atoms with Crippen molar-refractivity contribution in [1.29, 1.82) is 0 Å². The lowest BCUT2D eigenvalue weighted by molar-refractivity contribution is -0.144. The highest BCUT2D eigenvalue weighted by Gasteiger charge is 2.29. The van der Waals surface area contributed by atoms with Gasteiger partial charge in [-0.05, 0) is 41.5 Å². The first-order valence-corrected chi connectivity index (χ1v) is 8.64. The van der Waals surface area contributed by atoms with Crippen molar-refractivity contribution in [1.82, 2.24) is 15.5 Å². The molecule has 0 aliphatic carbocycles. The Hall–Kier alpha value is -1.34. The Bertz CT molecular complexity index is 432. The van der Waals surface area contributed by atoms with E-state index in [2.05, 4.69) is 10.6 Å². The molecule has 7 nitrogen and oxygen atoms in total. The number of hydrogen-bond donors (Lipinski definition) is 2. The fourth-order valence-electron chi connectivity index (χ4n) is 2.49. The molecule has 2 N–H and O–H groups in total. The third-order valence-corrected chi connectivity index (χ3v) is 3.63. The molecule has 7 heteroatoms. The molecule has 1 aliphatic heterocycles. The van der Waals surface area contributed by atoms with Crippen molar-refractivity contribution in [2.45, 2.75) is 65.1 Å². The number of piperazine rings is 1. The number of carbonyl (C=O) groups is 2. The number of ether oxygens (including phenoxy) is 2. The van der Waals surface area contributed by atoms with Crippen molar-refractivity contribution in [3.05, 3.63) is 0 Å². The van der Waals surface area contributed by atoms with Gasteiger partial charge in [0.05, 0.1) is 13.0 Å². The van der Waals surface area contributed by atoms with E-state index in [0.717, 1.165) is 6.54 Å². The molecule has 1 fully saturated rings. The second-order valence-electron chi connectivity index (χ2n) is 7.82.